The molecule has 0 amide bonds. The Morgan fingerprint density at radius 1 is 1.15 bits per heavy atom. The average Bonchev–Trinajstić information content (AvgIpc) is 2.62. The van der Waals surface area contributed by atoms with Crippen molar-refractivity contribution < 1.29 is 17.9 Å². The quantitative estimate of drug-likeness (QED) is 0.566. The summed E-state index contributed by atoms with van der Waals surface area (Å²) in [6, 6.07) is 10.3. The van der Waals surface area contributed by atoms with Gasteiger partial charge in [-0.15, -0.1) is 0 Å². The van der Waals surface area contributed by atoms with Crippen molar-refractivity contribution in [2.24, 2.45) is 5.10 Å². The van der Waals surface area contributed by atoms with E-state index in [-0.39, 0.29) is 4.90 Å². The molecule has 7 heteroatoms. The number of hydrogen-bond donors (Lipinski definition) is 1. The predicted octanol–water partition coefficient (Wildman–Crippen LogP) is 3.41. The van der Waals surface area contributed by atoms with Gasteiger partial charge in [-0.1, -0.05) is 19.1 Å². The first-order valence-corrected chi connectivity index (χ1v) is 9.79. The minimum atomic E-state index is -3.74. The van der Waals surface area contributed by atoms with E-state index in [1.165, 1.54) is 6.21 Å². The molecule has 1 N–H and O–H groups in total. The van der Waals surface area contributed by atoms with Gasteiger partial charge in [0.2, 0.25) is 0 Å². The number of para-hydroxylation sites is 1. The van der Waals surface area contributed by atoms with Crippen molar-refractivity contribution in [2.75, 3.05) is 13.7 Å². The van der Waals surface area contributed by atoms with Gasteiger partial charge in [0, 0.05) is 5.56 Å². The largest absolute Gasteiger partial charge is 0.493 e. The van der Waals surface area contributed by atoms with Gasteiger partial charge >= 0.3 is 0 Å². The second kappa shape index (κ2) is 8.71. The van der Waals surface area contributed by atoms with Gasteiger partial charge in [-0.05, 0) is 55.7 Å². The summed E-state index contributed by atoms with van der Waals surface area (Å²) in [5.74, 6) is 1.10. The highest BCUT2D eigenvalue weighted by Crippen LogP contribution is 2.30. The second-order valence-electron chi connectivity index (χ2n) is 5.83. The fourth-order valence-electron chi connectivity index (χ4n) is 2.25. The number of nitrogens with zero attached hydrogens (tertiary/aromatic N) is 1. The van der Waals surface area contributed by atoms with Crippen molar-refractivity contribution in [3.05, 3.63) is 53.1 Å². The molecule has 2 rings (SSSR count). The maximum Gasteiger partial charge on any atom is 0.276 e. The first kappa shape index (κ1) is 19.8. The summed E-state index contributed by atoms with van der Waals surface area (Å²) < 4.78 is 35.8. The smallest absolute Gasteiger partial charge is 0.276 e. The number of nitrogens with one attached hydrogen (secondary N) is 1. The van der Waals surface area contributed by atoms with E-state index in [0.29, 0.717) is 23.7 Å². The lowest BCUT2D eigenvalue weighted by Crippen LogP contribution is -2.18. The highest BCUT2D eigenvalue weighted by Gasteiger charge is 2.14. The first-order valence-electron chi connectivity index (χ1n) is 8.31. The molecule has 6 nitrogen and oxygen atoms in total. The van der Waals surface area contributed by atoms with Crippen molar-refractivity contribution in [1.29, 1.82) is 0 Å². The molecule has 2 aromatic carbocycles. The van der Waals surface area contributed by atoms with E-state index in [4.69, 9.17) is 9.47 Å². The summed E-state index contributed by atoms with van der Waals surface area (Å²) in [7, 11) is -2.18. The van der Waals surface area contributed by atoms with Crippen LogP contribution in [0, 0.1) is 13.8 Å². The van der Waals surface area contributed by atoms with Crippen LogP contribution < -0.4 is 14.3 Å². The maximum absolute atomic E-state index is 12.4. The Balaban J connectivity index is 2.23. The van der Waals surface area contributed by atoms with Crippen molar-refractivity contribution in [3.63, 3.8) is 0 Å². The molecule has 0 aromatic heterocycles. The zero-order chi connectivity index (χ0) is 19.2. The number of benzene rings is 2. The maximum atomic E-state index is 12.4. The third kappa shape index (κ3) is 4.76. The monoisotopic (exact) mass is 376 g/mol. The fourth-order valence-corrected chi connectivity index (χ4v) is 3.13. The Bertz CT molecular complexity index is 892. The third-order valence-corrected chi connectivity index (χ3v) is 5.07. The number of aryl methyl sites for hydroxylation is 2. The summed E-state index contributed by atoms with van der Waals surface area (Å²) in [5, 5.41) is 3.89. The van der Waals surface area contributed by atoms with E-state index in [2.05, 4.69) is 9.93 Å². The van der Waals surface area contributed by atoms with E-state index >= 15 is 0 Å². The molecule has 140 valence electrons. The molecule has 0 atom stereocenters. The van der Waals surface area contributed by atoms with E-state index < -0.39 is 10.0 Å². The van der Waals surface area contributed by atoms with Crippen LogP contribution in [0.25, 0.3) is 0 Å². The molecule has 0 heterocycles. The van der Waals surface area contributed by atoms with Gasteiger partial charge < -0.3 is 9.47 Å². The zero-order valence-electron chi connectivity index (χ0n) is 15.4. The van der Waals surface area contributed by atoms with Crippen LogP contribution >= 0.6 is 0 Å². The summed E-state index contributed by atoms with van der Waals surface area (Å²) in [4.78, 5) is 2.41. The first-order chi connectivity index (χ1) is 12.4. The van der Waals surface area contributed by atoms with Crippen molar-refractivity contribution in [3.8, 4) is 11.5 Å². The van der Waals surface area contributed by atoms with E-state index in [0.717, 1.165) is 17.5 Å². The van der Waals surface area contributed by atoms with Gasteiger partial charge in [0.1, 0.15) is 0 Å². The van der Waals surface area contributed by atoms with Gasteiger partial charge in [-0.25, -0.2) is 4.83 Å². The number of ether oxygens (including phenoxy) is 2. The predicted molar refractivity (Wildman–Crippen MR) is 103 cm³/mol. The zero-order valence-corrected chi connectivity index (χ0v) is 16.3. The van der Waals surface area contributed by atoms with Gasteiger partial charge in [0.05, 0.1) is 24.8 Å². The van der Waals surface area contributed by atoms with E-state index in [1.807, 2.05) is 20.8 Å². The summed E-state index contributed by atoms with van der Waals surface area (Å²) in [5.41, 5.74) is 2.56. The van der Waals surface area contributed by atoms with Crippen LogP contribution in [-0.4, -0.2) is 28.3 Å². The van der Waals surface area contributed by atoms with Crippen molar-refractivity contribution in [2.45, 2.75) is 32.1 Å². The Morgan fingerprint density at radius 2 is 1.92 bits per heavy atom. The number of rotatable bonds is 8. The SMILES string of the molecule is CCCOc1c(/C=N/NS(=O)(=O)c2ccc(C)c(C)c2)cccc1OC. The van der Waals surface area contributed by atoms with Gasteiger partial charge in [0.25, 0.3) is 10.0 Å². The topological polar surface area (TPSA) is 77.0 Å². The Labute approximate surface area is 154 Å². The number of hydrogen-bond acceptors (Lipinski definition) is 5. The van der Waals surface area contributed by atoms with Crippen LogP contribution in [0.1, 0.15) is 30.0 Å². The number of sulfonamides is 1. The molecule has 0 saturated carbocycles. The van der Waals surface area contributed by atoms with Gasteiger partial charge in [-0.2, -0.15) is 13.5 Å². The van der Waals surface area contributed by atoms with Crippen molar-refractivity contribution >= 4 is 16.2 Å². The lowest BCUT2D eigenvalue weighted by atomic mass is 10.1. The van der Waals surface area contributed by atoms with Crippen LogP contribution in [0.5, 0.6) is 11.5 Å². The average molecular weight is 376 g/mol. The van der Waals surface area contributed by atoms with Gasteiger partial charge in [-0.3, -0.25) is 0 Å². The van der Waals surface area contributed by atoms with E-state index in [9.17, 15) is 8.42 Å². The molecule has 0 fully saturated rings. The lowest BCUT2D eigenvalue weighted by molar-refractivity contribution is 0.294. The molecular weight excluding hydrogens is 352 g/mol. The molecular formula is C19H24N2O4S. The van der Waals surface area contributed by atoms with Gasteiger partial charge in [0.15, 0.2) is 11.5 Å². The summed E-state index contributed by atoms with van der Waals surface area (Å²) in [6.07, 6.45) is 2.25. The number of methoxy groups -OCH3 is 1. The van der Waals surface area contributed by atoms with Crippen molar-refractivity contribution in [1.82, 2.24) is 4.83 Å². The highest BCUT2D eigenvalue weighted by atomic mass is 32.2. The van der Waals surface area contributed by atoms with Crippen LogP contribution in [-0.2, 0) is 10.0 Å². The Morgan fingerprint density at radius 3 is 2.58 bits per heavy atom. The molecule has 2 aromatic rings. The van der Waals surface area contributed by atoms with Crippen LogP contribution in [0.4, 0.5) is 0 Å². The number of hydrazone groups is 1. The molecule has 0 aliphatic heterocycles. The molecule has 0 aliphatic carbocycles. The minimum Gasteiger partial charge on any atom is -0.493 e. The third-order valence-electron chi connectivity index (χ3n) is 3.84. The Kier molecular flexibility index (Phi) is 6.63. The summed E-state index contributed by atoms with van der Waals surface area (Å²) >= 11 is 0. The standard InChI is InChI=1S/C19H24N2O4S/c1-5-11-25-19-16(7-6-8-18(19)24-4)13-20-21-26(22,23)17-10-9-14(2)15(3)12-17/h6-10,12-13,21H,5,11H2,1-4H3/b20-13+. The minimum absolute atomic E-state index is 0.172. The second-order valence-corrected chi connectivity index (χ2v) is 7.49. The molecule has 26 heavy (non-hydrogen) atoms. The lowest BCUT2D eigenvalue weighted by Gasteiger charge is -2.12. The summed E-state index contributed by atoms with van der Waals surface area (Å²) in [6.45, 7) is 6.32. The molecule has 0 radical (unpaired) electrons. The Hall–Kier alpha value is -2.54. The van der Waals surface area contributed by atoms with Crippen LogP contribution in [0.3, 0.4) is 0 Å². The van der Waals surface area contributed by atoms with Crippen LogP contribution in [0.2, 0.25) is 0 Å². The molecule has 0 saturated heterocycles. The highest BCUT2D eigenvalue weighted by molar-refractivity contribution is 7.89. The van der Waals surface area contributed by atoms with Crippen LogP contribution in [0.15, 0.2) is 46.4 Å². The fraction of sp³-hybridized carbons (Fsp3) is 0.316. The normalized spacial score (nSPS) is 11.5. The molecule has 0 spiro atoms. The van der Waals surface area contributed by atoms with E-state index in [1.54, 1.807) is 43.5 Å². The molecule has 0 bridgehead atoms. The molecule has 0 unspecified atom stereocenters. The molecule has 0 aliphatic rings.